The van der Waals surface area contributed by atoms with Crippen LogP contribution < -0.4 is 14.5 Å². The Bertz CT molecular complexity index is 3840. The fourth-order valence-electron chi connectivity index (χ4n) is 14.2. The fraction of sp³-hybridized carbons (Fsp3) is 0.149. The topological polar surface area (TPSA) is 46.4 Å². The molecule has 4 heterocycles. The molecule has 74 heavy (non-hydrogen) atoms. The minimum Gasteiger partial charge on any atom is -0.509 e. The third-order valence-corrected chi connectivity index (χ3v) is 16.8. The number of benzene rings is 8. The van der Waals surface area contributed by atoms with Gasteiger partial charge in [-0.1, -0.05) is 151 Å². The molecule has 5 aliphatic rings. The predicted octanol–water partition coefficient (Wildman–Crippen LogP) is 16.6. The van der Waals surface area contributed by atoms with Gasteiger partial charge >= 0.3 is 0 Å². The van der Waals surface area contributed by atoms with Gasteiger partial charge in [0, 0.05) is 72.7 Å². The Balaban J connectivity index is 0.00000505. The first-order valence-electron chi connectivity index (χ1n) is 25.9. The standard InChI is InChI=1S/C67H50N5O.Pt/c1-3-15-47(16-4-1)56-25-13-26-57(48-17-5-2-6-18-48)65(56)71-43-70(66-62(71)29-14-33-69-66)52-21-12-22-53(41-52)73-54-30-31-59-58-24-9-10-28-61(58)72(63(59)42-54)64-40-49(32-34-68-64)67(50-36-44-35-45(38-50)39-51(67)37-44)60-27-11-20-46-19-7-8-23-55(46)60;/h1-34,40,43-45,50-51H,35-39H2;/q-3;. The van der Waals surface area contributed by atoms with Crippen molar-refractivity contribution in [3.63, 3.8) is 0 Å². The number of hydrogen-bond donors (Lipinski definition) is 0. The Hall–Kier alpha value is -7.79. The zero-order valence-electron chi connectivity index (χ0n) is 40.6. The summed E-state index contributed by atoms with van der Waals surface area (Å²) in [6.07, 6.45) is 10.5. The van der Waals surface area contributed by atoms with Crippen LogP contribution >= 0.6 is 0 Å². The van der Waals surface area contributed by atoms with E-state index in [1.165, 1.54) is 54.0 Å². The second-order valence-corrected chi connectivity index (χ2v) is 20.7. The van der Waals surface area contributed by atoms with Crippen LogP contribution in [0.2, 0.25) is 0 Å². The molecule has 0 unspecified atom stereocenters. The summed E-state index contributed by atoms with van der Waals surface area (Å²) in [5.74, 6) is 5.73. The van der Waals surface area contributed by atoms with E-state index in [1.54, 1.807) is 0 Å². The molecule has 1 aliphatic heterocycles. The molecular weight excluding hydrogens is 1090 g/mol. The van der Waals surface area contributed by atoms with Gasteiger partial charge in [0.25, 0.3) is 0 Å². The van der Waals surface area contributed by atoms with Gasteiger partial charge in [0.15, 0.2) is 0 Å². The first kappa shape index (κ1) is 44.9. The van der Waals surface area contributed by atoms with Gasteiger partial charge in [-0.15, -0.1) is 42.4 Å². The number of ether oxygens (including phenoxy) is 1. The summed E-state index contributed by atoms with van der Waals surface area (Å²) in [5.41, 5.74) is 12.2. The van der Waals surface area contributed by atoms with Crippen molar-refractivity contribution in [3.05, 3.63) is 243 Å². The Labute approximate surface area is 446 Å². The van der Waals surface area contributed by atoms with Gasteiger partial charge in [0.2, 0.25) is 0 Å². The van der Waals surface area contributed by atoms with Gasteiger partial charge in [0.05, 0.1) is 5.69 Å². The van der Waals surface area contributed by atoms with Crippen molar-refractivity contribution in [1.29, 1.82) is 0 Å². The average Bonchev–Trinajstić information content (AvgIpc) is 4.01. The summed E-state index contributed by atoms with van der Waals surface area (Å²) >= 11 is 0. The zero-order chi connectivity index (χ0) is 48.0. The number of para-hydroxylation sites is 2. The van der Waals surface area contributed by atoms with Crippen LogP contribution in [0.5, 0.6) is 11.5 Å². The summed E-state index contributed by atoms with van der Waals surface area (Å²) in [7, 11) is 0. The number of rotatable bonds is 9. The van der Waals surface area contributed by atoms with Crippen molar-refractivity contribution in [2.75, 3.05) is 9.80 Å². The monoisotopic (exact) mass is 1140 g/mol. The van der Waals surface area contributed by atoms with Gasteiger partial charge in [-0.3, -0.25) is 0 Å². The van der Waals surface area contributed by atoms with Crippen LogP contribution in [0, 0.1) is 42.5 Å². The molecule has 16 rings (SSSR count). The van der Waals surface area contributed by atoms with E-state index < -0.39 is 0 Å². The van der Waals surface area contributed by atoms with Crippen LogP contribution in [0.3, 0.4) is 0 Å². The molecule has 8 aromatic carbocycles. The molecule has 0 spiro atoms. The molecule has 3 aromatic heterocycles. The molecule has 4 saturated carbocycles. The van der Waals surface area contributed by atoms with Crippen molar-refractivity contribution in [1.82, 2.24) is 14.5 Å². The molecule has 0 amide bonds. The minimum absolute atomic E-state index is 0. The quantitative estimate of drug-likeness (QED) is 0.135. The second-order valence-electron chi connectivity index (χ2n) is 20.7. The van der Waals surface area contributed by atoms with Crippen molar-refractivity contribution < 1.29 is 25.8 Å². The third-order valence-electron chi connectivity index (χ3n) is 16.8. The third kappa shape index (κ3) is 7.09. The van der Waals surface area contributed by atoms with Gasteiger partial charge in [-0.2, -0.15) is 12.1 Å². The maximum atomic E-state index is 6.81. The molecule has 11 aromatic rings. The summed E-state index contributed by atoms with van der Waals surface area (Å²) < 4.78 is 9.11. The van der Waals surface area contributed by atoms with Gasteiger partial charge in [-0.25, -0.2) is 9.97 Å². The SMILES string of the molecule is [Pt].[c-]1c(Oc2[c-]c3c(cc2)c2ccccc2n3-c2cc(C3(c4cccc5ccccc45)C4CC5CC(C4)CC3C5)ccn2)cccc1N1[CH-]N(c2c(-c3ccccc3)cccc2-c2ccccc2)c2cccnc21. The molecule has 4 fully saturated rings. The first-order chi connectivity index (χ1) is 36.2. The van der Waals surface area contributed by atoms with Crippen LogP contribution in [0.4, 0.5) is 22.9 Å². The summed E-state index contributed by atoms with van der Waals surface area (Å²) in [4.78, 5) is 14.6. The van der Waals surface area contributed by atoms with E-state index in [9.17, 15) is 0 Å². The smallest absolute Gasteiger partial charge is 0.135 e. The van der Waals surface area contributed by atoms with Crippen LogP contribution in [-0.2, 0) is 26.5 Å². The van der Waals surface area contributed by atoms with Crippen molar-refractivity contribution >= 4 is 55.5 Å². The molecule has 0 radical (unpaired) electrons. The number of pyridine rings is 2. The van der Waals surface area contributed by atoms with Crippen LogP contribution in [0.15, 0.2) is 213 Å². The number of aromatic nitrogens is 3. The van der Waals surface area contributed by atoms with E-state index in [2.05, 4.69) is 215 Å². The Kier molecular flexibility index (Phi) is 10.9. The number of anilines is 4. The molecule has 7 heteroatoms. The zero-order valence-corrected chi connectivity index (χ0v) is 42.9. The van der Waals surface area contributed by atoms with Crippen molar-refractivity contribution in [2.45, 2.75) is 37.5 Å². The summed E-state index contributed by atoms with van der Waals surface area (Å²) in [5, 5.41) is 4.96. The Morgan fingerprint density at radius 3 is 1.96 bits per heavy atom. The van der Waals surface area contributed by atoms with Gasteiger partial charge < -0.3 is 19.1 Å². The first-order valence-corrected chi connectivity index (χ1v) is 25.9. The summed E-state index contributed by atoms with van der Waals surface area (Å²) in [6, 6.07) is 79.1. The maximum absolute atomic E-state index is 6.81. The van der Waals surface area contributed by atoms with E-state index in [4.69, 9.17) is 14.7 Å². The van der Waals surface area contributed by atoms with Crippen LogP contribution in [0.1, 0.15) is 43.2 Å². The van der Waals surface area contributed by atoms with E-state index >= 15 is 0 Å². The van der Waals surface area contributed by atoms with Gasteiger partial charge in [-0.05, 0) is 125 Å². The normalized spacial score (nSPS) is 20.5. The Morgan fingerprint density at radius 2 is 1.19 bits per heavy atom. The minimum atomic E-state index is -0.0983. The number of hydrogen-bond acceptors (Lipinski definition) is 5. The molecule has 0 atom stereocenters. The van der Waals surface area contributed by atoms with E-state index in [1.807, 2.05) is 30.5 Å². The molecule has 4 aliphatic carbocycles. The van der Waals surface area contributed by atoms with Gasteiger partial charge in [0.1, 0.15) is 11.6 Å². The molecule has 0 saturated heterocycles. The predicted molar refractivity (Wildman–Crippen MR) is 295 cm³/mol. The van der Waals surface area contributed by atoms with Crippen molar-refractivity contribution in [3.8, 4) is 39.6 Å². The molecule has 4 bridgehead atoms. The van der Waals surface area contributed by atoms with Crippen LogP contribution in [0.25, 0.3) is 60.6 Å². The van der Waals surface area contributed by atoms with E-state index in [0.717, 1.165) is 84.6 Å². The molecule has 6 nitrogen and oxygen atoms in total. The fourth-order valence-corrected chi connectivity index (χ4v) is 14.2. The number of nitrogens with zero attached hydrogens (tertiary/aromatic N) is 5. The average molecular weight is 1140 g/mol. The van der Waals surface area contributed by atoms with E-state index in [0.29, 0.717) is 23.3 Å². The van der Waals surface area contributed by atoms with E-state index in [-0.39, 0.29) is 26.5 Å². The van der Waals surface area contributed by atoms with Crippen molar-refractivity contribution in [2.24, 2.45) is 23.7 Å². The Morgan fingerprint density at radius 1 is 0.527 bits per heavy atom. The molecular formula is C67H50N5OPt-3. The maximum Gasteiger partial charge on any atom is 0.135 e. The van der Waals surface area contributed by atoms with Crippen LogP contribution in [-0.4, -0.2) is 14.5 Å². The molecule has 0 N–H and O–H groups in total. The largest absolute Gasteiger partial charge is 0.509 e. The second kappa shape index (κ2) is 18.0. The summed E-state index contributed by atoms with van der Waals surface area (Å²) in [6.45, 7) is 2.13. The molecule has 362 valence electrons. The number of fused-ring (bicyclic) bond motifs is 5.